The number of hydrogen-bond donors (Lipinski definition) is 1. The first-order valence-electron chi connectivity index (χ1n) is 7.85. The van der Waals surface area contributed by atoms with Crippen LogP contribution in [0.5, 0.6) is 11.5 Å². The zero-order valence-corrected chi connectivity index (χ0v) is 14.3. The Morgan fingerprint density at radius 1 is 1.04 bits per heavy atom. The van der Waals surface area contributed by atoms with Crippen LogP contribution < -0.4 is 14.8 Å². The number of fused-ring (bicyclic) bond motifs is 1. The van der Waals surface area contributed by atoms with Gasteiger partial charge in [0, 0.05) is 16.2 Å². The molecule has 0 aromatic heterocycles. The van der Waals surface area contributed by atoms with Crippen molar-refractivity contribution >= 4 is 34.8 Å². The zero-order valence-electron chi connectivity index (χ0n) is 13.6. The lowest BCUT2D eigenvalue weighted by Crippen LogP contribution is -2.03. The number of carbonyl (C=O) groups excluding carboxylic acids is 1. The van der Waals surface area contributed by atoms with E-state index in [0.29, 0.717) is 35.3 Å². The minimum absolute atomic E-state index is 0.140. The van der Waals surface area contributed by atoms with E-state index in [4.69, 9.17) is 21.1 Å². The van der Waals surface area contributed by atoms with Crippen LogP contribution in [0.4, 0.5) is 5.69 Å². The lowest BCUT2D eigenvalue weighted by atomic mass is 10.0. The van der Waals surface area contributed by atoms with Crippen molar-refractivity contribution in [2.45, 2.75) is 13.8 Å². The van der Waals surface area contributed by atoms with Gasteiger partial charge in [0.05, 0.1) is 18.9 Å². The van der Waals surface area contributed by atoms with Crippen LogP contribution in [0.25, 0.3) is 11.6 Å². The maximum absolute atomic E-state index is 12.2. The summed E-state index contributed by atoms with van der Waals surface area (Å²) in [7, 11) is 0. The molecule has 1 amide bonds. The normalized spacial score (nSPS) is 14.5. The van der Waals surface area contributed by atoms with Gasteiger partial charge in [-0.05, 0) is 49.8 Å². The highest BCUT2D eigenvalue weighted by atomic mass is 35.5. The Balaban J connectivity index is 2.00. The average Bonchev–Trinajstić information content (AvgIpc) is 2.85. The third kappa shape index (κ3) is 3.24. The maximum atomic E-state index is 12.2. The van der Waals surface area contributed by atoms with Gasteiger partial charge in [-0.15, -0.1) is 0 Å². The monoisotopic (exact) mass is 343 g/mol. The Hall–Kier alpha value is -2.46. The Labute approximate surface area is 146 Å². The van der Waals surface area contributed by atoms with Crippen molar-refractivity contribution in [2.75, 3.05) is 18.5 Å². The molecule has 2 aromatic rings. The SMILES string of the molecule is CCOc1ccc(/C=C2/C(=O)Nc3cc(Cl)ccc32)cc1OCC. The number of ether oxygens (including phenoxy) is 2. The lowest BCUT2D eigenvalue weighted by Gasteiger charge is -2.11. The molecule has 0 radical (unpaired) electrons. The molecular weight excluding hydrogens is 326 g/mol. The molecule has 2 aromatic carbocycles. The average molecular weight is 344 g/mol. The molecule has 1 N–H and O–H groups in total. The smallest absolute Gasteiger partial charge is 0.256 e. The summed E-state index contributed by atoms with van der Waals surface area (Å²) in [6, 6.07) is 11.0. The standard InChI is InChI=1S/C19H18ClNO3/c1-3-23-17-8-5-12(10-18(17)24-4-2)9-15-14-7-6-13(20)11-16(14)21-19(15)22/h5-11H,3-4H2,1-2H3,(H,21,22)/b15-9+. The van der Waals surface area contributed by atoms with Crippen LogP contribution in [0.3, 0.4) is 0 Å². The zero-order chi connectivity index (χ0) is 17.1. The topological polar surface area (TPSA) is 47.6 Å². The van der Waals surface area contributed by atoms with Gasteiger partial charge in [0.25, 0.3) is 5.91 Å². The van der Waals surface area contributed by atoms with Gasteiger partial charge in [0.1, 0.15) is 0 Å². The Bertz CT molecular complexity index is 814. The number of benzene rings is 2. The number of rotatable bonds is 5. The number of anilines is 1. The van der Waals surface area contributed by atoms with Gasteiger partial charge in [-0.3, -0.25) is 4.79 Å². The molecule has 124 valence electrons. The number of nitrogens with one attached hydrogen (secondary N) is 1. The molecule has 0 saturated carbocycles. The number of amides is 1. The fraction of sp³-hybridized carbons (Fsp3) is 0.211. The summed E-state index contributed by atoms with van der Waals surface area (Å²) in [4.78, 5) is 12.2. The second kappa shape index (κ2) is 6.97. The molecule has 4 nitrogen and oxygen atoms in total. The van der Waals surface area contributed by atoms with Crippen LogP contribution in [0.15, 0.2) is 36.4 Å². The number of halogens is 1. The highest BCUT2D eigenvalue weighted by molar-refractivity contribution is 6.36. The third-order valence-corrected chi connectivity index (χ3v) is 3.88. The van der Waals surface area contributed by atoms with Crippen LogP contribution in [-0.4, -0.2) is 19.1 Å². The Kier molecular flexibility index (Phi) is 4.76. The fourth-order valence-corrected chi connectivity index (χ4v) is 2.81. The van der Waals surface area contributed by atoms with Gasteiger partial charge in [-0.2, -0.15) is 0 Å². The first kappa shape index (κ1) is 16.4. The van der Waals surface area contributed by atoms with Crippen molar-refractivity contribution in [3.8, 4) is 11.5 Å². The molecule has 0 spiro atoms. The molecule has 24 heavy (non-hydrogen) atoms. The molecule has 5 heteroatoms. The summed E-state index contributed by atoms with van der Waals surface area (Å²) in [5.41, 5.74) is 3.05. The van der Waals surface area contributed by atoms with E-state index < -0.39 is 0 Å². The Morgan fingerprint density at radius 2 is 1.79 bits per heavy atom. The van der Waals surface area contributed by atoms with Gasteiger partial charge in [-0.25, -0.2) is 0 Å². The van der Waals surface area contributed by atoms with E-state index in [1.807, 2.05) is 44.2 Å². The van der Waals surface area contributed by atoms with Crippen molar-refractivity contribution in [1.29, 1.82) is 0 Å². The number of hydrogen-bond acceptors (Lipinski definition) is 3. The first-order chi connectivity index (χ1) is 11.6. The molecule has 0 saturated heterocycles. The summed E-state index contributed by atoms with van der Waals surface area (Å²) in [6.07, 6.45) is 1.84. The van der Waals surface area contributed by atoms with Gasteiger partial charge in [-0.1, -0.05) is 23.7 Å². The van der Waals surface area contributed by atoms with Gasteiger partial charge in [0.15, 0.2) is 11.5 Å². The van der Waals surface area contributed by atoms with Crippen molar-refractivity contribution in [1.82, 2.24) is 0 Å². The third-order valence-electron chi connectivity index (χ3n) is 3.64. The highest BCUT2D eigenvalue weighted by Gasteiger charge is 2.24. The second-order valence-electron chi connectivity index (χ2n) is 5.27. The van der Waals surface area contributed by atoms with Crippen molar-refractivity contribution in [2.24, 2.45) is 0 Å². The summed E-state index contributed by atoms with van der Waals surface area (Å²) in [6.45, 7) is 4.96. The largest absolute Gasteiger partial charge is 0.490 e. The summed E-state index contributed by atoms with van der Waals surface area (Å²) >= 11 is 5.98. The molecule has 1 aliphatic rings. The number of carbonyl (C=O) groups is 1. The second-order valence-corrected chi connectivity index (χ2v) is 5.71. The summed E-state index contributed by atoms with van der Waals surface area (Å²) in [5.74, 6) is 1.23. The van der Waals surface area contributed by atoms with Crippen LogP contribution in [0, 0.1) is 0 Å². The molecule has 1 heterocycles. The van der Waals surface area contributed by atoms with Crippen molar-refractivity contribution in [3.63, 3.8) is 0 Å². The molecule has 0 bridgehead atoms. The van der Waals surface area contributed by atoms with E-state index >= 15 is 0 Å². The van der Waals surface area contributed by atoms with E-state index in [1.165, 1.54) is 0 Å². The lowest BCUT2D eigenvalue weighted by molar-refractivity contribution is -0.110. The van der Waals surface area contributed by atoms with E-state index in [-0.39, 0.29) is 5.91 Å². The highest BCUT2D eigenvalue weighted by Crippen LogP contribution is 2.36. The maximum Gasteiger partial charge on any atom is 0.256 e. The predicted molar refractivity (Wildman–Crippen MR) is 96.7 cm³/mol. The molecule has 0 unspecified atom stereocenters. The minimum atomic E-state index is -0.140. The summed E-state index contributed by atoms with van der Waals surface area (Å²) in [5, 5.41) is 3.42. The molecule has 3 rings (SSSR count). The molecular formula is C19H18ClNO3. The molecule has 0 aliphatic carbocycles. The minimum Gasteiger partial charge on any atom is -0.490 e. The van der Waals surface area contributed by atoms with E-state index in [1.54, 1.807) is 12.1 Å². The van der Waals surface area contributed by atoms with Crippen LogP contribution >= 0.6 is 11.6 Å². The Morgan fingerprint density at radius 3 is 2.54 bits per heavy atom. The first-order valence-corrected chi connectivity index (χ1v) is 8.22. The molecule has 1 aliphatic heterocycles. The van der Waals surface area contributed by atoms with Crippen molar-refractivity contribution in [3.05, 3.63) is 52.5 Å². The van der Waals surface area contributed by atoms with E-state index in [2.05, 4.69) is 5.32 Å². The summed E-state index contributed by atoms with van der Waals surface area (Å²) < 4.78 is 11.2. The van der Waals surface area contributed by atoms with Gasteiger partial charge in [0.2, 0.25) is 0 Å². The van der Waals surface area contributed by atoms with Crippen LogP contribution in [0.2, 0.25) is 5.02 Å². The molecule has 0 atom stereocenters. The molecule has 0 fully saturated rings. The van der Waals surface area contributed by atoms with Crippen molar-refractivity contribution < 1.29 is 14.3 Å². The van der Waals surface area contributed by atoms with E-state index in [0.717, 1.165) is 16.8 Å². The quantitative estimate of drug-likeness (QED) is 0.805. The predicted octanol–water partition coefficient (Wildman–Crippen LogP) is 4.63. The van der Waals surface area contributed by atoms with Gasteiger partial charge >= 0.3 is 0 Å². The van der Waals surface area contributed by atoms with Crippen LogP contribution in [-0.2, 0) is 4.79 Å². The van der Waals surface area contributed by atoms with E-state index in [9.17, 15) is 4.79 Å². The fourth-order valence-electron chi connectivity index (χ4n) is 2.63. The van der Waals surface area contributed by atoms with Gasteiger partial charge < -0.3 is 14.8 Å². The van der Waals surface area contributed by atoms with Crippen LogP contribution in [0.1, 0.15) is 25.0 Å².